The summed E-state index contributed by atoms with van der Waals surface area (Å²) in [7, 11) is 1.47. The highest BCUT2D eigenvalue weighted by atomic mass is 35.5. The molecule has 0 saturated heterocycles. The summed E-state index contributed by atoms with van der Waals surface area (Å²) in [6, 6.07) is 10.7. The molecule has 22 heavy (non-hydrogen) atoms. The molecule has 1 atom stereocenters. The second-order valence-corrected chi connectivity index (χ2v) is 5.01. The first kappa shape index (κ1) is 16.3. The van der Waals surface area contributed by atoms with Gasteiger partial charge in [0.1, 0.15) is 11.6 Å². The average Bonchev–Trinajstić information content (AvgIpc) is 2.54. The van der Waals surface area contributed by atoms with Crippen LogP contribution in [-0.4, -0.2) is 24.7 Å². The van der Waals surface area contributed by atoms with Crippen LogP contribution in [-0.2, 0) is 0 Å². The lowest BCUT2D eigenvalue weighted by atomic mass is 10.1. The first-order valence-corrected chi connectivity index (χ1v) is 6.95. The quantitative estimate of drug-likeness (QED) is 0.889. The van der Waals surface area contributed by atoms with Crippen LogP contribution in [0, 0.1) is 5.82 Å². The van der Waals surface area contributed by atoms with Crippen molar-refractivity contribution in [3.8, 4) is 5.75 Å². The van der Waals surface area contributed by atoms with Crippen LogP contribution in [0.5, 0.6) is 5.75 Å². The van der Waals surface area contributed by atoms with Crippen molar-refractivity contribution < 1.29 is 19.0 Å². The molecule has 0 aliphatic carbocycles. The van der Waals surface area contributed by atoms with E-state index >= 15 is 0 Å². The van der Waals surface area contributed by atoms with Crippen LogP contribution in [0.1, 0.15) is 22.0 Å². The number of carbonyl (C=O) groups excluding carboxylic acids is 1. The zero-order valence-electron chi connectivity index (χ0n) is 11.8. The molecule has 2 aromatic rings. The fourth-order valence-corrected chi connectivity index (χ4v) is 2.07. The molecule has 0 heterocycles. The van der Waals surface area contributed by atoms with E-state index in [1.165, 1.54) is 19.2 Å². The molecule has 0 bridgehead atoms. The number of carbonyl (C=O) groups is 1. The number of amides is 1. The van der Waals surface area contributed by atoms with Crippen LogP contribution in [0.25, 0.3) is 0 Å². The minimum atomic E-state index is -1.04. The number of aliphatic hydroxyl groups excluding tert-OH is 1. The first-order chi connectivity index (χ1) is 10.5. The summed E-state index contributed by atoms with van der Waals surface area (Å²) >= 11 is 5.59. The van der Waals surface area contributed by atoms with E-state index in [9.17, 15) is 14.3 Å². The summed E-state index contributed by atoms with van der Waals surface area (Å²) in [5.74, 6) is -0.563. The number of nitrogens with one attached hydrogen (secondary N) is 1. The van der Waals surface area contributed by atoms with Crippen molar-refractivity contribution in [3.63, 3.8) is 0 Å². The summed E-state index contributed by atoms with van der Waals surface area (Å²) in [6.45, 7) is -0.0576. The van der Waals surface area contributed by atoms with Gasteiger partial charge >= 0.3 is 0 Å². The Morgan fingerprint density at radius 2 is 2.09 bits per heavy atom. The SMILES string of the molecule is COc1ccccc1C(=O)NCC(O)c1ccc(Cl)c(F)c1. The molecular formula is C16H15ClFNO3. The Labute approximate surface area is 132 Å². The highest BCUT2D eigenvalue weighted by Gasteiger charge is 2.15. The van der Waals surface area contributed by atoms with E-state index in [0.717, 1.165) is 6.07 Å². The molecular weight excluding hydrogens is 309 g/mol. The van der Waals surface area contributed by atoms with Gasteiger partial charge in [-0.25, -0.2) is 4.39 Å². The van der Waals surface area contributed by atoms with Gasteiger partial charge in [-0.2, -0.15) is 0 Å². The molecule has 116 valence electrons. The molecule has 0 aliphatic rings. The maximum absolute atomic E-state index is 13.4. The van der Waals surface area contributed by atoms with Gasteiger partial charge < -0.3 is 15.2 Å². The Morgan fingerprint density at radius 1 is 1.36 bits per heavy atom. The molecule has 1 unspecified atom stereocenters. The van der Waals surface area contributed by atoms with Crippen molar-refractivity contribution in [2.45, 2.75) is 6.10 Å². The Morgan fingerprint density at radius 3 is 2.77 bits per heavy atom. The summed E-state index contributed by atoms with van der Waals surface area (Å²) in [4.78, 5) is 12.1. The number of ether oxygens (including phenoxy) is 1. The molecule has 1 amide bonds. The second kappa shape index (κ2) is 7.24. The van der Waals surface area contributed by atoms with E-state index in [1.54, 1.807) is 24.3 Å². The predicted molar refractivity (Wildman–Crippen MR) is 81.7 cm³/mol. The highest BCUT2D eigenvalue weighted by Crippen LogP contribution is 2.21. The molecule has 2 N–H and O–H groups in total. The van der Waals surface area contributed by atoms with Crippen LogP contribution in [0.4, 0.5) is 4.39 Å². The minimum absolute atomic E-state index is 0.0194. The van der Waals surface area contributed by atoms with Crippen LogP contribution in [0.15, 0.2) is 42.5 Å². The summed E-state index contributed by atoms with van der Waals surface area (Å²) in [5, 5.41) is 12.6. The van der Waals surface area contributed by atoms with Crippen LogP contribution >= 0.6 is 11.6 Å². The van der Waals surface area contributed by atoms with Crippen LogP contribution in [0.2, 0.25) is 5.02 Å². The number of benzene rings is 2. The predicted octanol–water partition coefficient (Wildman–Crippen LogP) is 2.95. The standard InChI is InChI=1S/C16H15ClFNO3/c1-22-15-5-3-2-4-11(15)16(21)19-9-14(20)10-6-7-12(17)13(18)8-10/h2-8,14,20H,9H2,1H3,(H,19,21). The Balaban J connectivity index is 2.02. The number of hydrogen-bond acceptors (Lipinski definition) is 3. The monoisotopic (exact) mass is 323 g/mol. The third-order valence-corrected chi connectivity index (χ3v) is 3.44. The van der Waals surface area contributed by atoms with Gasteiger partial charge in [0.15, 0.2) is 0 Å². The van der Waals surface area contributed by atoms with Crippen molar-refractivity contribution in [1.82, 2.24) is 5.32 Å². The number of methoxy groups -OCH3 is 1. The normalized spacial score (nSPS) is 11.8. The first-order valence-electron chi connectivity index (χ1n) is 6.57. The van der Waals surface area contributed by atoms with Crippen LogP contribution < -0.4 is 10.1 Å². The van der Waals surface area contributed by atoms with E-state index in [-0.39, 0.29) is 17.5 Å². The third-order valence-electron chi connectivity index (χ3n) is 3.14. The van der Waals surface area contributed by atoms with Crippen molar-refractivity contribution in [2.24, 2.45) is 0 Å². The van der Waals surface area contributed by atoms with Crippen molar-refractivity contribution >= 4 is 17.5 Å². The molecule has 0 aromatic heterocycles. The van der Waals surface area contributed by atoms with Crippen molar-refractivity contribution in [2.75, 3.05) is 13.7 Å². The molecule has 4 nitrogen and oxygen atoms in total. The number of para-hydroxylation sites is 1. The van der Waals surface area contributed by atoms with E-state index < -0.39 is 11.9 Å². The number of halogens is 2. The topological polar surface area (TPSA) is 58.6 Å². The smallest absolute Gasteiger partial charge is 0.255 e. The zero-order valence-corrected chi connectivity index (χ0v) is 12.6. The largest absolute Gasteiger partial charge is 0.496 e. The molecule has 2 rings (SSSR count). The zero-order chi connectivity index (χ0) is 16.1. The summed E-state index contributed by atoms with van der Waals surface area (Å²) < 4.78 is 18.5. The van der Waals surface area contributed by atoms with Gasteiger partial charge in [0, 0.05) is 6.54 Å². The van der Waals surface area contributed by atoms with E-state index in [0.29, 0.717) is 16.9 Å². The van der Waals surface area contributed by atoms with Crippen LogP contribution in [0.3, 0.4) is 0 Å². The lowest BCUT2D eigenvalue weighted by molar-refractivity contribution is 0.0913. The minimum Gasteiger partial charge on any atom is -0.496 e. The Bertz CT molecular complexity index is 678. The Kier molecular flexibility index (Phi) is 5.35. The fraction of sp³-hybridized carbons (Fsp3) is 0.188. The van der Waals surface area contributed by atoms with Gasteiger partial charge in [-0.15, -0.1) is 0 Å². The lowest BCUT2D eigenvalue weighted by Gasteiger charge is -2.14. The van der Waals surface area contributed by atoms with Gasteiger partial charge in [-0.05, 0) is 29.8 Å². The molecule has 0 aliphatic heterocycles. The number of aliphatic hydroxyl groups is 1. The Hall–Kier alpha value is -2.11. The van der Waals surface area contributed by atoms with E-state index in [1.807, 2.05) is 0 Å². The molecule has 6 heteroatoms. The van der Waals surface area contributed by atoms with Gasteiger partial charge in [0.05, 0.1) is 23.8 Å². The second-order valence-electron chi connectivity index (χ2n) is 4.60. The fourth-order valence-electron chi connectivity index (χ4n) is 1.95. The van der Waals surface area contributed by atoms with Gasteiger partial charge in [-0.3, -0.25) is 4.79 Å². The summed E-state index contributed by atoms with van der Waals surface area (Å²) in [5.41, 5.74) is 0.696. The van der Waals surface area contributed by atoms with Gasteiger partial charge in [0.25, 0.3) is 5.91 Å². The molecule has 0 spiro atoms. The average molecular weight is 324 g/mol. The number of rotatable bonds is 5. The highest BCUT2D eigenvalue weighted by molar-refractivity contribution is 6.30. The van der Waals surface area contributed by atoms with Gasteiger partial charge in [0.2, 0.25) is 0 Å². The molecule has 0 saturated carbocycles. The third kappa shape index (κ3) is 3.75. The van der Waals surface area contributed by atoms with E-state index in [4.69, 9.17) is 16.3 Å². The maximum Gasteiger partial charge on any atom is 0.255 e. The summed E-state index contributed by atoms with van der Waals surface area (Å²) in [6.07, 6.45) is -1.04. The lowest BCUT2D eigenvalue weighted by Crippen LogP contribution is -2.28. The van der Waals surface area contributed by atoms with E-state index in [2.05, 4.69) is 5.32 Å². The van der Waals surface area contributed by atoms with Crippen molar-refractivity contribution in [1.29, 1.82) is 0 Å². The van der Waals surface area contributed by atoms with Crippen molar-refractivity contribution in [3.05, 3.63) is 64.4 Å². The number of hydrogen-bond donors (Lipinski definition) is 2. The van der Waals surface area contributed by atoms with Gasteiger partial charge in [-0.1, -0.05) is 29.8 Å². The molecule has 2 aromatic carbocycles. The molecule has 0 radical (unpaired) electrons. The maximum atomic E-state index is 13.4. The molecule has 0 fully saturated rings.